The Balaban J connectivity index is 4.63. The third kappa shape index (κ3) is 2.65. The molecule has 0 fully saturated rings. The number of rotatable bonds is 4. The van der Waals surface area contributed by atoms with Crippen LogP contribution in [0.5, 0.6) is 0 Å². The highest BCUT2D eigenvalue weighted by Crippen LogP contribution is 2.07. The standard InChI is InChI=1S/C8H12O4/c1-4-5-6(7(9)11-2)8(10)12-3/h4,9H,1,5H2,2-3H3/p-1/b7-6-. The molecular formula is C8H11O4-. The summed E-state index contributed by atoms with van der Waals surface area (Å²) in [4.78, 5) is 10.9. The highest BCUT2D eigenvalue weighted by molar-refractivity contribution is 5.88. The van der Waals surface area contributed by atoms with Crippen molar-refractivity contribution in [3.05, 3.63) is 24.2 Å². The van der Waals surface area contributed by atoms with Gasteiger partial charge in [-0.2, -0.15) is 0 Å². The molecule has 0 aliphatic heterocycles. The maximum absolute atomic E-state index is 10.9. The lowest BCUT2D eigenvalue weighted by Crippen LogP contribution is -2.16. The largest absolute Gasteiger partial charge is 0.616 e. The number of methoxy groups -OCH3 is 2. The fraction of sp³-hybridized carbons (Fsp3) is 0.375. The molecule has 0 spiro atoms. The van der Waals surface area contributed by atoms with Crippen LogP contribution in [-0.2, 0) is 14.3 Å². The van der Waals surface area contributed by atoms with Gasteiger partial charge in [0.1, 0.15) is 0 Å². The van der Waals surface area contributed by atoms with E-state index in [0.717, 1.165) is 0 Å². The average Bonchev–Trinajstić information content (AvgIpc) is 2.11. The summed E-state index contributed by atoms with van der Waals surface area (Å²) >= 11 is 0. The Morgan fingerprint density at radius 2 is 2.08 bits per heavy atom. The monoisotopic (exact) mass is 171 g/mol. The molecule has 0 aromatic rings. The Morgan fingerprint density at radius 3 is 2.42 bits per heavy atom. The van der Waals surface area contributed by atoms with Crippen LogP contribution in [0.25, 0.3) is 0 Å². The van der Waals surface area contributed by atoms with Crippen molar-refractivity contribution in [1.82, 2.24) is 0 Å². The van der Waals surface area contributed by atoms with Gasteiger partial charge >= 0.3 is 5.97 Å². The van der Waals surface area contributed by atoms with Crippen LogP contribution in [-0.4, -0.2) is 20.2 Å². The lowest BCUT2D eigenvalue weighted by Gasteiger charge is -2.13. The van der Waals surface area contributed by atoms with E-state index in [9.17, 15) is 9.90 Å². The van der Waals surface area contributed by atoms with Gasteiger partial charge in [-0.1, -0.05) is 6.08 Å². The summed E-state index contributed by atoms with van der Waals surface area (Å²) in [5, 5.41) is 10.9. The molecule has 0 amide bonds. The minimum atomic E-state index is -0.679. The number of ether oxygens (including phenoxy) is 2. The minimum absolute atomic E-state index is 0.0463. The van der Waals surface area contributed by atoms with Crippen LogP contribution in [0.2, 0.25) is 0 Å². The van der Waals surface area contributed by atoms with Gasteiger partial charge in [0.15, 0.2) is 0 Å². The van der Waals surface area contributed by atoms with Crippen molar-refractivity contribution in [3.63, 3.8) is 0 Å². The Hall–Kier alpha value is -1.45. The van der Waals surface area contributed by atoms with Crippen molar-refractivity contribution in [2.24, 2.45) is 0 Å². The molecule has 0 aliphatic carbocycles. The maximum atomic E-state index is 10.9. The first kappa shape index (κ1) is 10.6. The molecule has 0 bridgehead atoms. The van der Waals surface area contributed by atoms with Gasteiger partial charge in [0.05, 0.1) is 18.6 Å². The normalized spacial score (nSPS) is 11.5. The first-order valence-electron chi connectivity index (χ1n) is 3.30. The fourth-order valence-electron chi connectivity index (χ4n) is 0.641. The molecule has 4 nitrogen and oxygen atoms in total. The zero-order valence-electron chi connectivity index (χ0n) is 7.12. The quantitative estimate of drug-likeness (QED) is 0.257. The Labute approximate surface area is 71.1 Å². The van der Waals surface area contributed by atoms with E-state index in [2.05, 4.69) is 16.1 Å². The predicted octanol–water partition coefficient (Wildman–Crippen LogP) is -0.0462. The molecule has 12 heavy (non-hydrogen) atoms. The van der Waals surface area contributed by atoms with Gasteiger partial charge in [-0.3, -0.25) is 0 Å². The van der Waals surface area contributed by atoms with Gasteiger partial charge in [0.2, 0.25) is 0 Å². The molecule has 0 aromatic carbocycles. The van der Waals surface area contributed by atoms with Gasteiger partial charge in [-0.05, 0) is 13.5 Å². The molecule has 0 heterocycles. The van der Waals surface area contributed by atoms with E-state index in [1.165, 1.54) is 20.3 Å². The second kappa shape index (κ2) is 5.23. The lowest BCUT2D eigenvalue weighted by molar-refractivity contribution is -0.355. The topological polar surface area (TPSA) is 58.6 Å². The maximum Gasteiger partial charge on any atom is 0.335 e. The van der Waals surface area contributed by atoms with Crippen molar-refractivity contribution in [3.8, 4) is 0 Å². The zero-order chi connectivity index (χ0) is 9.56. The molecule has 4 heteroatoms. The molecule has 0 saturated heterocycles. The van der Waals surface area contributed by atoms with Gasteiger partial charge in [-0.15, -0.1) is 6.58 Å². The van der Waals surface area contributed by atoms with Crippen molar-refractivity contribution < 1.29 is 19.4 Å². The Kier molecular flexibility index (Phi) is 4.60. The van der Waals surface area contributed by atoms with Gasteiger partial charge in [0, 0.05) is 0 Å². The van der Waals surface area contributed by atoms with Gasteiger partial charge in [-0.25, -0.2) is 4.79 Å². The van der Waals surface area contributed by atoms with E-state index in [1.54, 1.807) is 0 Å². The first-order chi connectivity index (χ1) is 5.67. The molecule has 68 valence electrons. The minimum Gasteiger partial charge on any atom is -0.616 e. The molecule has 0 aliphatic rings. The molecule has 0 radical (unpaired) electrons. The smallest absolute Gasteiger partial charge is 0.335 e. The molecule has 0 aromatic heterocycles. The van der Waals surface area contributed by atoms with Crippen molar-refractivity contribution >= 4 is 5.97 Å². The van der Waals surface area contributed by atoms with E-state index < -0.39 is 11.9 Å². The predicted molar refractivity (Wildman–Crippen MR) is 40.9 cm³/mol. The van der Waals surface area contributed by atoms with Gasteiger partial charge in [0.25, 0.3) is 0 Å². The number of hydrogen-bond donors (Lipinski definition) is 0. The van der Waals surface area contributed by atoms with E-state index in [1.807, 2.05) is 0 Å². The third-order valence-electron chi connectivity index (χ3n) is 1.21. The fourth-order valence-corrected chi connectivity index (χ4v) is 0.641. The summed E-state index contributed by atoms with van der Waals surface area (Å²) in [5.74, 6) is -1.36. The second-order valence-electron chi connectivity index (χ2n) is 1.95. The van der Waals surface area contributed by atoms with Crippen LogP contribution in [0.15, 0.2) is 24.2 Å². The highest BCUT2D eigenvalue weighted by Gasteiger charge is 2.09. The van der Waals surface area contributed by atoms with Crippen LogP contribution in [0, 0.1) is 0 Å². The zero-order valence-corrected chi connectivity index (χ0v) is 7.12. The van der Waals surface area contributed by atoms with E-state index in [0.29, 0.717) is 0 Å². The number of esters is 1. The highest BCUT2D eigenvalue weighted by atomic mass is 16.6. The first-order valence-corrected chi connectivity index (χ1v) is 3.30. The number of allylic oxidation sites excluding steroid dienone is 1. The third-order valence-corrected chi connectivity index (χ3v) is 1.21. The number of hydrogen-bond acceptors (Lipinski definition) is 4. The van der Waals surface area contributed by atoms with E-state index >= 15 is 0 Å². The summed E-state index contributed by atoms with van der Waals surface area (Å²) in [6.07, 6.45) is 1.59. The van der Waals surface area contributed by atoms with Crippen LogP contribution >= 0.6 is 0 Å². The van der Waals surface area contributed by atoms with Crippen molar-refractivity contribution in [2.75, 3.05) is 14.2 Å². The molecule has 0 rings (SSSR count). The van der Waals surface area contributed by atoms with Crippen LogP contribution < -0.4 is 5.11 Å². The molecule has 0 atom stereocenters. The van der Waals surface area contributed by atoms with Gasteiger partial charge < -0.3 is 14.6 Å². The second-order valence-corrected chi connectivity index (χ2v) is 1.95. The lowest BCUT2D eigenvalue weighted by atomic mass is 10.2. The van der Waals surface area contributed by atoms with Crippen molar-refractivity contribution in [2.45, 2.75) is 6.42 Å². The summed E-state index contributed by atoms with van der Waals surface area (Å²) in [5.41, 5.74) is -0.0463. The molecular weight excluding hydrogens is 160 g/mol. The Bertz CT molecular complexity index is 205. The van der Waals surface area contributed by atoms with E-state index in [4.69, 9.17) is 0 Å². The summed E-state index contributed by atoms with van der Waals surface area (Å²) in [6, 6.07) is 0. The summed E-state index contributed by atoms with van der Waals surface area (Å²) < 4.78 is 8.73. The number of carbonyl (C=O) groups excluding carboxylic acids is 1. The number of carbonyl (C=O) groups is 1. The average molecular weight is 171 g/mol. The molecule has 0 saturated carbocycles. The molecule has 0 N–H and O–H groups in total. The summed E-state index contributed by atoms with van der Waals surface area (Å²) in [7, 11) is 2.41. The van der Waals surface area contributed by atoms with Crippen LogP contribution in [0.3, 0.4) is 0 Å². The van der Waals surface area contributed by atoms with E-state index in [-0.39, 0.29) is 12.0 Å². The molecule has 0 unspecified atom stereocenters. The van der Waals surface area contributed by atoms with Crippen molar-refractivity contribution in [1.29, 1.82) is 0 Å². The Morgan fingerprint density at radius 1 is 1.50 bits per heavy atom. The van der Waals surface area contributed by atoms with Crippen LogP contribution in [0.4, 0.5) is 0 Å². The summed E-state index contributed by atoms with van der Waals surface area (Å²) in [6.45, 7) is 3.40. The van der Waals surface area contributed by atoms with Crippen LogP contribution in [0.1, 0.15) is 6.42 Å². The SMILES string of the molecule is C=CC/C(C(=O)OC)=C(\[O-])OC.